The molecule has 0 radical (unpaired) electrons. The molecule has 3 rings (SSSR count). The van der Waals surface area contributed by atoms with Gasteiger partial charge >= 0.3 is 5.69 Å². The lowest BCUT2D eigenvalue weighted by Crippen LogP contribution is -2.41. The minimum absolute atomic E-state index is 0.0113. The van der Waals surface area contributed by atoms with Gasteiger partial charge in [0, 0.05) is 24.0 Å². The zero-order valence-electron chi connectivity index (χ0n) is 16.9. The molecule has 0 aliphatic rings. The number of carbonyl (C=O) groups is 1. The van der Waals surface area contributed by atoms with E-state index < -0.39 is 17.2 Å². The molecule has 8 heteroatoms. The lowest BCUT2D eigenvalue weighted by Gasteiger charge is -2.23. The molecule has 3 N–H and O–H groups in total. The average molecular weight is 398 g/mol. The first-order valence-corrected chi connectivity index (χ1v) is 9.83. The predicted octanol–water partition coefficient (Wildman–Crippen LogP) is 3.03. The number of rotatable bonds is 7. The highest BCUT2D eigenvalue weighted by molar-refractivity contribution is 6.08. The normalized spacial score (nSPS) is 11.1. The van der Waals surface area contributed by atoms with Gasteiger partial charge in [-0.3, -0.25) is 24.0 Å². The van der Waals surface area contributed by atoms with Crippen LogP contribution in [0.1, 0.15) is 49.2 Å². The third-order valence-electron chi connectivity index (χ3n) is 4.95. The third-order valence-corrected chi connectivity index (χ3v) is 4.95. The van der Waals surface area contributed by atoms with Crippen molar-refractivity contribution < 1.29 is 9.21 Å². The molecular weight excluding hydrogens is 372 g/mol. The molecule has 0 fully saturated rings. The Morgan fingerprint density at radius 2 is 1.93 bits per heavy atom. The number of nitrogens with one attached hydrogen (secondary N) is 1. The Labute approximate surface area is 167 Å². The molecule has 0 atom stereocenters. The fourth-order valence-corrected chi connectivity index (χ4v) is 3.42. The van der Waals surface area contributed by atoms with Crippen LogP contribution in [-0.4, -0.2) is 22.0 Å². The minimum Gasteiger partial charge on any atom is -0.451 e. The van der Waals surface area contributed by atoms with Crippen molar-refractivity contribution in [2.45, 2.75) is 46.6 Å². The number of benzene rings is 1. The van der Waals surface area contributed by atoms with Crippen LogP contribution >= 0.6 is 0 Å². The highest BCUT2D eigenvalue weighted by atomic mass is 16.3. The molecule has 0 spiro atoms. The number of nitrogen functional groups attached to an aromatic ring is 1. The van der Waals surface area contributed by atoms with Gasteiger partial charge in [0.05, 0.1) is 0 Å². The van der Waals surface area contributed by atoms with E-state index in [4.69, 9.17) is 10.2 Å². The second kappa shape index (κ2) is 8.38. The van der Waals surface area contributed by atoms with Gasteiger partial charge in [-0.25, -0.2) is 4.79 Å². The van der Waals surface area contributed by atoms with Crippen molar-refractivity contribution in [3.05, 3.63) is 56.4 Å². The summed E-state index contributed by atoms with van der Waals surface area (Å²) in [7, 11) is 0. The monoisotopic (exact) mass is 398 g/mol. The number of nitrogens with zero attached hydrogens (tertiary/aromatic N) is 2. The van der Waals surface area contributed by atoms with Crippen LogP contribution in [0, 0.1) is 6.92 Å². The van der Waals surface area contributed by atoms with E-state index in [1.54, 1.807) is 13.0 Å². The predicted molar refractivity (Wildman–Crippen MR) is 114 cm³/mol. The summed E-state index contributed by atoms with van der Waals surface area (Å²) in [5, 5.41) is 0.835. The molecule has 1 amide bonds. The molecule has 1 aromatic carbocycles. The van der Waals surface area contributed by atoms with Gasteiger partial charge in [0.15, 0.2) is 11.4 Å². The molecule has 8 nitrogen and oxygen atoms in total. The fraction of sp³-hybridized carbons (Fsp3) is 0.381. The van der Waals surface area contributed by atoms with Crippen molar-refractivity contribution >= 4 is 28.4 Å². The van der Waals surface area contributed by atoms with Gasteiger partial charge in [0.25, 0.3) is 11.5 Å². The number of fused-ring (bicyclic) bond motifs is 1. The second-order valence-electron chi connectivity index (χ2n) is 7.01. The summed E-state index contributed by atoms with van der Waals surface area (Å²) < 4.78 is 7.10. The van der Waals surface area contributed by atoms with Crippen LogP contribution in [0.15, 0.2) is 38.3 Å². The van der Waals surface area contributed by atoms with E-state index in [1.165, 1.54) is 9.47 Å². The van der Waals surface area contributed by atoms with Crippen molar-refractivity contribution in [1.29, 1.82) is 0 Å². The maximum Gasteiger partial charge on any atom is 0.330 e. The number of H-pyrrole nitrogens is 1. The Hall–Kier alpha value is -3.29. The number of carbonyl (C=O) groups excluding carboxylic acids is 1. The van der Waals surface area contributed by atoms with Crippen LogP contribution in [-0.2, 0) is 6.54 Å². The number of aromatic nitrogens is 2. The molecule has 2 aromatic heterocycles. The first kappa shape index (κ1) is 20.4. The minimum atomic E-state index is -0.684. The lowest BCUT2D eigenvalue weighted by atomic mass is 10.1. The number of anilines is 2. The summed E-state index contributed by atoms with van der Waals surface area (Å²) in [6, 6.07) is 7.36. The number of hydrogen-bond acceptors (Lipinski definition) is 5. The van der Waals surface area contributed by atoms with Gasteiger partial charge in [-0.15, -0.1) is 0 Å². The van der Waals surface area contributed by atoms with E-state index in [2.05, 4.69) is 4.98 Å². The topological polar surface area (TPSA) is 114 Å². The lowest BCUT2D eigenvalue weighted by molar-refractivity contribution is 0.0961. The summed E-state index contributed by atoms with van der Waals surface area (Å²) >= 11 is 0. The van der Waals surface area contributed by atoms with E-state index >= 15 is 0 Å². The van der Waals surface area contributed by atoms with Crippen molar-refractivity contribution in [2.24, 2.45) is 0 Å². The maximum absolute atomic E-state index is 13.4. The summed E-state index contributed by atoms with van der Waals surface area (Å²) in [5.74, 6) is -0.314. The first-order valence-electron chi connectivity index (χ1n) is 9.83. The quantitative estimate of drug-likeness (QED) is 0.635. The number of aryl methyl sites for hydroxylation is 1. The molecular formula is C21H26N4O4. The zero-order valence-corrected chi connectivity index (χ0v) is 16.9. The van der Waals surface area contributed by atoms with E-state index in [9.17, 15) is 14.4 Å². The number of nitrogens with two attached hydrogens (primary N) is 1. The summed E-state index contributed by atoms with van der Waals surface area (Å²) in [4.78, 5) is 41.8. The number of amides is 1. The van der Waals surface area contributed by atoms with Crippen molar-refractivity contribution in [2.75, 3.05) is 17.2 Å². The van der Waals surface area contributed by atoms with Gasteiger partial charge in [0.1, 0.15) is 11.4 Å². The third kappa shape index (κ3) is 3.70. The van der Waals surface area contributed by atoms with Gasteiger partial charge in [-0.2, -0.15) is 0 Å². The Kier molecular flexibility index (Phi) is 5.91. The molecule has 0 saturated carbocycles. The zero-order chi connectivity index (χ0) is 21.1. The molecule has 0 bridgehead atoms. The van der Waals surface area contributed by atoms with Gasteiger partial charge < -0.3 is 10.2 Å². The van der Waals surface area contributed by atoms with Gasteiger partial charge in [0.2, 0.25) is 0 Å². The second-order valence-corrected chi connectivity index (χ2v) is 7.01. The SMILES string of the molecule is CCCCn1c(N)c(N(CCC)C(=O)c2oc3ccccc3c2C)c(=O)[nH]c1=O. The van der Waals surface area contributed by atoms with Gasteiger partial charge in [-0.05, 0) is 25.8 Å². The number of unbranched alkanes of at least 4 members (excludes halogenated alkanes) is 1. The Morgan fingerprint density at radius 1 is 1.21 bits per heavy atom. The van der Waals surface area contributed by atoms with E-state index in [0.717, 1.165) is 18.2 Å². The molecule has 0 saturated heterocycles. The number of para-hydroxylation sites is 1. The maximum atomic E-state index is 13.4. The number of furan rings is 1. The first-order chi connectivity index (χ1) is 13.9. The average Bonchev–Trinajstić information content (AvgIpc) is 3.03. The summed E-state index contributed by atoms with van der Waals surface area (Å²) in [6.45, 7) is 6.31. The van der Waals surface area contributed by atoms with Crippen LogP contribution in [0.2, 0.25) is 0 Å². The summed E-state index contributed by atoms with van der Waals surface area (Å²) in [6.07, 6.45) is 2.17. The van der Waals surface area contributed by atoms with Crippen LogP contribution < -0.4 is 21.9 Å². The van der Waals surface area contributed by atoms with E-state index in [0.29, 0.717) is 24.1 Å². The number of hydrogen-bond donors (Lipinski definition) is 2. The molecule has 0 aliphatic carbocycles. The fourth-order valence-electron chi connectivity index (χ4n) is 3.42. The van der Waals surface area contributed by atoms with Crippen LogP contribution in [0.25, 0.3) is 11.0 Å². The van der Waals surface area contributed by atoms with Crippen LogP contribution in [0.5, 0.6) is 0 Å². The van der Waals surface area contributed by atoms with Crippen molar-refractivity contribution in [3.63, 3.8) is 0 Å². The standard InChI is InChI=1S/C21H26N4O4/c1-4-6-12-25-18(22)16(19(26)23-21(25)28)24(11-5-2)20(27)17-13(3)14-9-7-8-10-15(14)29-17/h7-10H,4-6,11-12,22H2,1-3H3,(H,23,26,28). The van der Waals surface area contributed by atoms with Crippen LogP contribution in [0.4, 0.5) is 11.5 Å². The molecule has 0 unspecified atom stereocenters. The van der Waals surface area contributed by atoms with Crippen molar-refractivity contribution in [3.8, 4) is 0 Å². The summed E-state index contributed by atoms with van der Waals surface area (Å²) in [5.41, 5.74) is 6.22. The molecule has 0 aliphatic heterocycles. The Morgan fingerprint density at radius 3 is 2.59 bits per heavy atom. The largest absolute Gasteiger partial charge is 0.451 e. The molecule has 29 heavy (non-hydrogen) atoms. The Bertz CT molecular complexity index is 1160. The van der Waals surface area contributed by atoms with Crippen LogP contribution in [0.3, 0.4) is 0 Å². The molecule has 3 aromatic rings. The van der Waals surface area contributed by atoms with E-state index in [-0.39, 0.29) is 23.8 Å². The molecule has 2 heterocycles. The van der Waals surface area contributed by atoms with Gasteiger partial charge in [-0.1, -0.05) is 38.5 Å². The molecule has 154 valence electrons. The highest BCUT2D eigenvalue weighted by Crippen LogP contribution is 2.28. The number of aromatic amines is 1. The smallest absolute Gasteiger partial charge is 0.330 e. The van der Waals surface area contributed by atoms with Crippen molar-refractivity contribution in [1.82, 2.24) is 9.55 Å². The van der Waals surface area contributed by atoms with E-state index in [1.807, 2.05) is 32.0 Å². The highest BCUT2D eigenvalue weighted by Gasteiger charge is 2.28. The Balaban J connectivity index is 2.15.